The Hall–Kier alpha value is -0.410. The molecule has 3 nitrogen and oxygen atoms in total. The third kappa shape index (κ3) is 3.08. The van der Waals surface area contributed by atoms with E-state index in [2.05, 4.69) is 0 Å². The molecule has 2 atom stereocenters. The molecular weight excluding hydrogens is 216 g/mol. The van der Waals surface area contributed by atoms with Gasteiger partial charge in [-0.3, -0.25) is 4.79 Å². The van der Waals surface area contributed by atoms with E-state index in [9.17, 15) is 9.90 Å². The van der Waals surface area contributed by atoms with Gasteiger partial charge in [0.25, 0.3) is 0 Å². The highest BCUT2D eigenvalue weighted by Crippen LogP contribution is 2.43. The van der Waals surface area contributed by atoms with Crippen molar-refractivity contribution in [2.75, 3.05) is 0 Å². The lowest BCUT2D eigenvalue weighted by Gasteiger charge is -2.31. The van der Waals surface area contributed by atoms with Crippen LogP contribution in [0.25, 0.3) is 0 Å². The van der Waals surface area contributed by atoms with Crippen LogP contribution < -0.4 is 0 Å². The van der Waals surface area contributed by atoms with Crippen molar-refractivity contribution >= 4 is 5.78 Å². The fourth-order valence-electron chi connectivity index (χ4n) is 2.62. The molecule has 0 aromatic carbocycles. The van der Waals surface area contributed by atoms with E-state index in [4.69, 9.17) is 4.74 Å². The Morgan fingerprint density at radius 1 is 1.29 bits per heavy atom. The highest BCUT2D eigenvalue weighted by Gasteiger charge is 2.51. The number of hydrogen-bond acceptors (Lipinski definition) is 3. The molecule has 1 fully saturated rings. The lowest BCUT2D eigenvalue weighted by atomic mass is 9.76. The third-order valence-corrected chi connectivity index (χ3v) is 3.51. The summed E-state index contributed by atoms with van der Waals surface area (Å²) in [5.41, 5.74) is -1.20. The standard InChI is InChI=1S/C14H26O3/c1-12(2,3)11(16)10(15)9-8-13(4,5)17-14(9,6)7/h9,11,16H,8H2,1-7H3. The Morgan fingerprint density at radius 2 is 1.76 bits per heavy atom. The molecule has 1 N–H and O–H groups in total. The van der Waals surface area contributed by atoms with Crippen LogP contribution in [0.15, 0.2) is 0 Å². The second-order valence-corrected chi connectivity index (χ2v) is 7.39. The van der Waals surface area contributed by atoms with E-state index in [1.165, 1.54) is 0 Å². The first-order valence-corrected chi connectivity index (χ1v) is 6.29. The maximum atomic E-state index is 12.4. The van der Waals surface area contributed by atoms with Crippen LogP contribution in [0.2, 0.25) is 0 Å². The Morgan fingerprint density at radius 3 is 2.06 bits per heavy atom. The van der Waals surface area contributed by atoms with Crippen molar-refractivity contribution in [3.05, 3.63) is 0 Å². The average molecular weight is 242 g/mol. The maximum Gasteiger partial charge on any atom is 0.167 e. The zero-order chi connectivity index (χ0) is 13.6. The van der Waals surface area contributed by atoms with Gasteiger partial charge >= 0.3 is 0 Å². The molecule has 0 bridgehead atoms. The zero-order valence-corrected chi connectivity index (χ0v) is 12.1. The summed E-state index contributed by atoms with van der Waals surface area (Å²) in [6.07, 6.45) is -0.254. The van der Waals surface area contributed by atoms with Gasteiger partial charge in [0, 0.05) is 0 Å². The SMILES string of the molecule is CC1(C)CC(C(=O)C(O)C(C)(C)C)C(C)(C)O1. The van der Waals surface area contributed by atoms with Crippen molar-refractivity contribution in [2.45, 2.75) is 72.2 Å². The number of carbonyl (C=O) groups is 1. The predicted octanol–water partition coefficient (Wildman–Crippen LogP) is 2.56. The summed E-state index contributed by atoms with van der Waals surface area (Å²) in [4.78, 5) is 12.4. The monoisotopic (exact) mass is 242 g/mol. The van der Waals surface area contributed by atoms with Gasteiger partial charge in [-0.1, -0.05) is 20.8 Å². The molecule has 3 heteroatoms. The quantitative estimate of drug-likeness (QED) is 0.809. The first kappa shape index (κ1) is 14.7. The molecule has 0 aromatic heterocycles. The van der Waals surface area contributed by atoms with Gasteiger partial charge in [0.2, 0.25) is 0 Å². The van der Waals surface area contributed by atoms with Crippen LogP contribution in [0.4, 0.5) is 0 Å². The molecule has 0 saturated carbocycles. The second kappa shape index (κ2) is 4.06. The van der Waals surface area contributed by atoms with Crippen molar-refractivity contribution in [2.24, 2.45) is 11.3 Å². The van der Waals surface area contributed by atoms with Gasteiger partial charge in [0.1, 0.15) is 6.10 Å². The molecule has 1 rings (SSSR count). The fraction of sp³-hybridized carbons (Fsp3) is 0.929. The van der Waals surface area contributed by atoms with Crippen molar-refractivity contribution in [3.63, 3.8) is 0 Å². The smallest absolute Gasteiger partial charge is 0.167 e. The average Bonchev–Trinajstić information content (AvgIpc) is 2.30. The molecule has 0 aliphatic carbocycles. The first-order valence-electron chi connectivity index (χ1n) is 6.29. The fourth-order valence-corrected chi connectivity index (χ4v) is 2.62. The molecule has 1 saturated heterocycles. The van der Waals surface area contributed by atoms with E-state index in [1.54, 1.807) is 0 Å². The lowest BCUT2D eigenvalue weighted by Crippen LogP contribution is -2.44. The molecule has 17 heavy (non-hydrogen) atoms. The zero-order valence-electron chi connectivity index (χ0n) is 12.1. The Bertz CT molecular complexity index is 310. The lowest BCUT2D eigenvalue weighted by molar-refractivity contribution is -0.142. The third-order valence-electron chi connectivity index (χ3n) is 3.51. The number of ketones is 1. The van der Waals surface area contributed by atoms with Crippen LogP contribution in [-0.2, 0) is 9.53 Å². The summed E-state index contributed by atoms with van der Waals surface area (Å²) >= 11 is 0. The number of hydrogen-bond donors (Lipinski definition) is 1. The van der Waals surface area contributed by atoms with Crippen molar-refractivity contribution in [3.8, 4) is 0 Å². The molecule has 0 radical (unpaired) electrons. The molecule has 1 heterocycles. The molecule has 0 amide bonds. The molecule has 1 aliphatic heterocycles. The number of ether oxygens (including phenoxy) is 1. The second-order valence-electron chi connectivity index (χ2n) is 7.39. The van der Waals surface area contributed by atoms with Crippen LogP contribution in [0, 0.1) is 11.3 Å². The minimum Gasteiger partial charge on any atom is -0.385 e. The Balaban J connectivity index is 2.91. The summed E-state index contributed by atoms with van der Waals surface area (Å²) < 4.78 is 5.90. The number of aliphatic hydroxyl groups is 1. The van der Waals surface area contributed by atoms with Crippen LogP contribution in [0.1, 0.15) is 54.9 Å². The van der Waals surface area contributed by atoms with Gasteiger partial charge in [-0.25, -0.2) is 0 Å². The molecule has 1 aliphatic rings. The van der Waals surface area contributed by atoms with Gasteiger partial charge in [-0.05, 0) is 39.5 Å². The van der Waals surface area contributed by atoms with E-state index < -0.39 is 17.1 Å². The van der Waals surface area contributed by atoms with Gasteiger partial charge in [0.05, 0.1) is 17.1 Å². The van der Waals surface area contributed by atoms with Crippen LogP contribution in [0.3, 0.4) is 0 Å². The van der Waals surface area contributed by atoms with E-state index in [-0.39, 0.29) is 17.3 Å². The van der Waals surface area contributed by atoms with Crippen molar-refractivity contribution in [1.82, 2.24) is 0 Å². The van der Waals surface area contributed by atoms with Crippen LogP contribution >= 0.6 is 0 Å². The largest absolute Gasteiger partial charge is 0.385 e. The van der Waals surface area contributed by atoms with E-state index in [0.29, 0.717) is 6.42 Å². The maximum absolute atomic E-state index is 12.4. The minimum atomic E-state index is -0.927. The van der Waals surface area contributed by atoms with Crippen LogP contribution in [0.5, 0.6) is 0 Å². The summed E-state index contributed by atoms with van der Waals surface area (Å²) in [7, 11) is 0. The molecule has 100 valence electrons. The Labute approximate surface area is 105 Å². The topological polar surface area (TPSA) is 46.5 Å². The van der Waals surface area contributed by atoms with Crippen LogP contribution in [-0.4, -0.2) is 28.2 Å². The summed E-state index contributed by atoms with van der Waals surface area (Å²) in [6.45, 7) is 13.5. The molecular formula is C14H26O3. The summed E-state index contributed by atoms with van der Waals surface area (Å²) in [5.74, 6) is -0.320. The van der Waals surface area contributed by atoms with Gasteiger partial charge in [0.15, 0.2) is 5.78 Å². The highest BCUT2D eigenvalue weighted by molar-refractivity contribution is 5.87. The van der Waals surface area contributed by atoms with E-state index in [1.807, 2.05) is 48.5 Å². The van der Waals surface area contributed by atoms with Crippen molar-refractivity contribution < 1.29 is 14.6 Å². The number of Topliss-reactive ketones (excluding diaryl/α,β-unsaturated/α-hetero) is 1. The van der Waals surface area contributed by atoms with E-state index in [0.717, 1.165) is 0 Å². The van der Waals surface area contributed by atoms with E-state index >= 15 is 0 Å². The van der Waals surface area contributed by atoms with Gasteiger partial charge < -0.3 is 9.84 Å². The van der Waals surface area contributed by atoms with Gasteiger partial charge in [-0.15, -0.1) is 0 Å². The van der Waals surface area contributed by atoms with Gasteiger partial charge in [-0.2, -0.15) is 0 Å². The number of rotatable bonds is 2. The summed E-state index contributed by atoms with van der Waals surface area (Å²) in [6, 6.07) is 0. The molecule has 2 unspecified atom stereocenters. The normalized spacial score (nSPS) is 29.1. The summed E-state index contributed by atoms with van der Waals surface area (Å²) in [5, 5.41) is 10.1. The number of carbonyl (C=O) groups excluding carboxylic acids is 1. The first-order chi connectivity index (χ1) is 7.37. The van der Waals surface area contributed by atoms with Crippen molar-refractivity contribution in [1.29, 1.82) is 0 Å². The Kier molecular flexibility index (Phi) is 3.50. The minimum absolute atomic E-state index is 0.0897. The highest BCUT2D eigenvalue weighted by atomic mass is 16.5. The molecule has 0 aromatic rings. The predicted molar refractivity (Wildman–Crippen MR) is 67.8 cm³/mol. The number of aliphatic hydroxyl groups excluding tert-OH is 1. The molecule has 0 spiro atoms.